The molecule has 3 aromatic rings. The maximum atomic E-state index is 12.2. The summed E-state index contributed by atoms with van der Waals surface area (Å²) in [7, 11) is 1.58. The third-order valence-corrected chi connectivity index (χ3v) is 5.48. The van der Waals surface area contributed by atoms with Crippen LogP contribution in [-0.4, -0.2) is 19.2 Å². The van der Waals surface area contributed by atoms with Gasteiger partial charge in [-0.3, -0.25) is 4.79 Å². The van der Waals surface area contributed by atoms with Crippen LogP contribution in [0.3, 0.4) is 0 Å². The van der Waals surface area contributed by atoms with E-state index in [2.05, 4.69) is 61.2 Å². The SMILES string of the molecule is COc1cc(/C=N\NC(=O)c2cccc(I)c2)cc(Br)c1OCc1ccc(C)cc1. The molecule has 0 aliphatic rings. The molecule has 0 aliphatic heterocycles. The molecule has 30 heavy (non-hydrogen) atoms. The molecule has 0 bridgehead atoms. The van der Waals surface area contributed by atoms with Crippen LogP contribution in [0.2, 0.25) is 0 Å². The lowest BCUT2D eigenvalue weighted by Gasteiger charge is -2.13. The molecule has 3 aromatic carbocycles. The van der Waals surface area contributed by atoms with E-state index in [4.69, 9.17) is 9.47 Å². The van der Waals surface area contributed by atoms with E-state index >= 15 is 0 Å². The lowest BCUT2D eigenvalue weighted by atomic mass is 10.2. The molecule has 0 aliphatic carbocycles. The topological polar surface area (TPSA) is 59.9 Å². The molecule has 0 aromatic heterocycles. The third-order valence-electron chi connectivity index (χ3n) is 4.22. The number of hydrogen-bond acceptors (Lipinski definition) is 4. The fraction of sp³-hybridized carbons (Fsp3) is 0.130. The zero-order chi connectivity index (χ0) is 21.5. The van der Waals surface area contributed by atoms with Crippen molar-refractivity contribution in [2.24, 2.45) is 5.10 Å². The van der Waals surface area contributed by atoms with Gasteiger partial charge in [0, 0.05) is 9.13 Å². The van der Waals surface area contributed by atoms with Gasteiger partial charge in [-0.25, -0.2) is 5.43 Å². The van der Waals surface area contributed by atoms with Crippen molar-refractivity contribution in [3.8, 4) is 11.5 Å². The number of carbonyl (C=O) groups excluding carboxylic acids is 1. The lowest BCUT2D eigenvalue weighted by Crippen LogP contribution is -2.17. The van der Waals surface area contributed by atoms with E-state index in [9.17, 15) is 4.79 Å². The number of methoxy groups -OCH3 is 1. The van der Waals surface area contributed by atoms with Crippen molar-refractivity contribution < 1.29 is 14.3 Å². The highest BCUT2D eigenvalue weighted by molar-refractivity contribution is 14.1. The fourth-order valence-electron chi connectivity index (χ4n) is 2.65. The van der Waals surface area contributed by atoms with Gasteiger partial charge in [-0.05, 0) is 86.9 Å². The van der Waals surface area contributed by atoms with Gasteiger partial charge in [0.05, 0.1) is 17.8 Å². The van der Waals surface area contributed by atoms with E-state index in [-0.39, 0.29) is 5.91 Å². The van der Waals surface area contributed by atoms with Crippen LogP contribution >= 0.6 is 38.5 Å². The molecule has 1 N–H and O–H groups in total. The van der Waals surface area contributed by atoms with Gasteiger partial charge < -0.3 is 9.47 Å². The predicted molar refractivity (Wildman–Crippen MR) is 130 cm³/mol. The van der Waals surface area contributed by atoms with Crippen LogP contribution in [0.4, 0.5) is 0 Å². The monoisotopic (exact) mass is 578 g/mol. The number of hydrazone groups is 1. The van der Waals surface area contributed by atoms with Gasteiger partial charge in [0.1, 0.15) is 6.61 Å². The summed E-state index contributed by atoms with van der Waals surface area (Å²) in [5, 5.41) is 4.05. The van der Waals surface area contributed by atoms with Crippen molar-refractivity contribution in [3.05, 3.63) is 91.0 Å². The van der Waals surface area contributed by atoms with Gasteiger partial charge in [0.25, 0.3) is 5.91 Å². The van der Waals surface area contributed by atoms with Gasteiger partial charge in [-0.1, -0.05) is 35.9 Å². The number of aryl methyl sites for hydroxylation is 1. The smallest absolute Gasteiger partial charge is 0.271 e. The molecule has 1 amide bonds. The van der Waals surface area contributed by atoms with E-state index in [1.165, 1.54) is 5.56 Å². The van der Waals surface area contributed by atoms with Crippen LogP contribution in [0.1, 0.15) is 27.0 Å². The number of hydrogen-bond donors (Lipinski definition) is 1. The molecule has 7 heteroatoms. The van der Waals surface area contributed by atoms with Crippen LogP contribution in [0, 0.1) is 10.5 Å². The molecule has 0 spiro atoms. The maximum absolute atomic E-state index is 12.2. The first-order valence-electron chi connectivity index (χ1n) is 9.11. The van der Waals surface area contributed by atoms with Gasteiger partial charge in [0.2, 0.25) is 0 Å². The molecule has 0 atom stereocenters. The van der Waals surface area contributed by atoms with E-state index in [1.54, 1.807) is 31.5 Å². The first kappa shape index (κ1) is 22.3. The number of ether oxygens (including phenoxy) is 2. The minimum Gasteiger partial charge on any atom is -0.493 e. The molecular weight excluding hydrogens is 559 g/mol. The summed E-state index contributed by atoms with van der Waals surface area (Å²) in [6, 6.07) is 19.1. The average molecular weight is 579 g/mol. The highest BCUT2D eigenvalue weighted by Gasteiger charge is 2.12. The summed E-state index contributed by atoms with van der Waals surface area (Å²) >= 11 is 5.70. The summed E-state index contributed by atoms with van der Waals surface area (Å²) in [4.78, 5) is 12.2. The summed E-state index contributed by atoms with van der Waals surface area (Å²) in [6.07, 6.45) is 1.56. The van der Waals surface area contributed by atoms with Crippen LogP contribution in [0.25, 0.3) is 0 Å². The van der Waals surface area contributed by atoms with Gasteiger partial charge in [0.15, 0.2) is 11.5 Å². The molecule has 0 unspecified atom stereocenters. The number of nitrogens with one attached hydrogen (secondary N) is 1. The molecule has 0 saturated heterocycles. The highest BCUT2D eigenvalue weighted by atomic mass is 127. The quantitative estimate of drug-likeness (QED) is 0.222. The minimum atomic E-state index is -0.270. The van der Waals surface area contributed by atoms with Crippen LogP contribution in [-0.2, 0) is 6.61 Å². The number of rotatable bonds is 7. The van der Waals surface area contributed by atoms with Crippen molar-refractivity contribution >= 4 is 50.6 Å². The number of nitrogens with zero attached hydrogens (tertiary/aromatic N) is 1. The summed E-state index contributed by atoms with van der Waals surface area (Å²) in [6.45, 7) is 2.47. The fourth-order valence-corrected chi connectivity index (χ4v) is 3.77. The Bertz CT molecular complexity index is 1070. The highest BCUT2D eigenvalue weighted by Crippen LogP contribution is 2.36. The molecule has 0 radical (unpaired) electrons. The van der Waals surface area contributed by atoms with Gasteiger partial charge >= 0.3 is 0 Å². The maximum Gasteiger partial charge on any atom is 0.271 e. The Kier molecular flexibility index (Phi) is 7.87. The summed E-state index contributed by atoms with van der Waals surface area (Å²) in [5.74, 6) is 0.911. The molecule has 3 rings (SSSR count). The van der Waals surface area contributed by atoms with Crippen molar-refractivity contribution in [2.75, 3.05) is 7.11 Å². The van der Waals surface area contributed by atoms with Crippen molar-refractivity contribution in [3.63, 3.8) is 0 Å². The first-order valence-corrected chi connectivity index (χ1v) is 11.0. The normalized spacial score (nSPS) is 10.8. The standard InChI is InChI=1S/C23H20BrIN2O3/c1-15-6-8-16(9-7-15)14-30-22-20(24)10-17(11-21(22)29-2)13-26-27-23(28)18-4-3-5-19(25)12-18/h3-13H,14H2,1-2H3,(H,27,28)/b26-13-. The Balaban J connectivity index is 1.69. The van der Waals surface area contributed by atoms with Crippen molar-refractivity contribution in [2.45, 2.75) is 13.5 Å². The first-order chi connectivity index (χ1) is 14.5. The summed E-state index contributed by atoms with van der Waals surface area (Å²) < 4.78 is 13.2. The molecule has 154 valence electrons. The van der Waals surface area contributed by atoms with E-state index < -0.39 is 0 Å². The second-order valence-electron chi connectivity index (χ2n) is 6.52. The van der Waals surface area contributed by atoms with Crippen molar-refractivity contribution in [1.29, 1.82) is 0 Å². The molecule has 5 nitrogen and oxygen atoms in total. The second kappa shape index (κ2) is 10.6. The number of benzene rings is 3. The van der Waals surface area contributed by atoms with E-state index in [0.29, 0.717) is 23.7 Å². The largest absolute Gasteiger partial charge is 0.493 e. The Labute approximate surface area is 197 Å². The van der Waals surface area contributed by atoms with E-state index in [0.717, 1.165) is 19.2 Å². The minimum absolute atomic E-state index is 0.270. The Morgan fingerprint density at radius 2 is 1.93 bits per heavy atom. The molecule has 0 fully saturated rings. The van der Waals surface area contributed by atoms with Crippen molar-refractivity contribution in [1.82, 2.24) is 5.43 Å². The predicted octanol–water partition coefficient (Wildman–Crippen LogP) is 5.71. The zero-order valence-corrected chi connectivity index (χ0v) is 20.2. The Morgan fingerprint density at radius 3 is 2.63 bits per heavy atom. The van der Waals surface area contributed by atoms with Crippen LogP contribution < -0.4 is 14.9 Å². The van der Waals surface area contributed by atoms with Gasteiger partial charge in [-0.15, -0.1) is 0 Å². The van der Waals surface area contributed by atoms with Crippen LogP contribution in [0.5, 0.6) is 11.5 Å². The molecule has 0 heterocycles. The summed E-state index contributed by atoms with van der Waals surface area (Å²) in [5.41, 5.74) is 6.12. The average Bonchev–Trinajstić information content (AvgIpc) is 2.73. The van der Waals surface area contributed by atoms with Gasteiger partial charge in [-0.2, -0.15) is 5.10 Å². The van der Waals surface area contributed by atoms with Crippen LogP contribution in [0.15, 0.2) is 70.2 Å². The third kappa shape index (κ3) is 6.06. The Hall–Kier alpha value is -2.39. The number of halogens is 2. The number of amides is 1. The lowest BCUT2D eigenvalue weighted by molar-refractivity contribution is 0.0955. The Morgan fingerprint density at radius 1 is 1.17 bits per heavy atom. The number of carbonyl (C=O) groups is 1. The van der Waals surface area contributed by atoms with E-state index in [1.807, 2.05) is 37.3 Å². The zero-order valence-electron chi connectivity index (χ0n) is 16.5. The molecular formula is C23H20BrIN2O3. The molecule has 0 saturated carbocycles. The second-order valence-corrected chi connectivity index (χ2v) is 8.62.